The topological polar surface area (TPSA) is 83.4 Å². The van der Waals surface area contributed by atoms with E-state index in [9.17, 15) is 5.11 Å². The summed E-state index contributed by atoms with van der Waals surface area (Å²) in [5, 5.41) is 21.3. The standard InChI is InChI=1S/C15H21N3O2/c1-18-8-2-3-15(18)13-9-11(4-5-14(13)16)17-7-6-12(20)10-19/h2-5,8-9,12,17,19-20H,6-7,10,16H2,1H3. The molecule has 0 aliphatic carbocycles. The molecule has 0 fully saturated rings. The van der Waals surface area contributed by atoms with Crippen molar-refractivity contribution in [1.29, 1.82) is 0 Å². The highest BCUT2D eigenvalue weighted by Crippen LogP contribution is 2.28. The first kappa shape index (κ1) is 14.4. The Morgan fingerprint density at radius 1 is 1.35 bits per heavy atom. The minimum absolute atomic E-state index is 0.210. The van der Waals surface area contributed by atoms with Crippen molar-refractivity contribution in [2.75, 3.05) is 24.2 Å². The Morgan fingerprint density at radius 3 is 2.80 bits per heavy atom. The van der Waals surface area contributed by atoms with Crippen molar-refractivity contribution in [3.05, 3.63) is 36.5 Å². The Morgan fingerprint density at radius 2 is 2.15 bits per heavy atom. The lowest BCUT2D eigenvalue weighted by Gasteiger charge is -2.13. The lowest BCUT2D eigenvalue weighted by atomic mass is 10.1. The zero-order chi connectivity index (χ0) is 14.5. The van der Waals surface area contributed by atoms with E-state index in [0.717, 1.165) is 22.6 Å². The number of hydrogen-bond donors (Lipinski definition) is 4. The molecule has 0 amide bonds. The van der Waals surface area contributed by atoms with Crippen LogP contribution >= 0.6 is 0 Å². The van der Waals surface area contributed by atoms with Crippen LogP contribution in [0.25, 0.3) is 11.3 Å². The van der Waals surface area contributed by atoms with Crippen LogP contribution < -0.4 is 11.1 Å². The fourth-order valence-electron chi connectivity index (χ4n) is 2.10. The molecule has 1 unspecified atom stereocenters. The molecule has 0 radical (unpaired) electrons. The normalized spacial score (nSPS) is 12.3. The summed E-state index contributed by atoms with van der Waals surface area (Å²) in [6, 6.07) is 9.77. The first-order valence-corrected chi connectivity index (χ1v) is 6.66. The Bertz CT molecular complexity index is 566. The summed E-state index contributed by atoms with van der Waals surface area (Å²) < 4.78 is 2.02. The third-order valence-corrected chi connectivity index (χ3v) is 3.29. The van der Waals surface area contributed by atoms with E-state index in [-0.39, 0.29) is 6.61 Å². The summed E-state index contributed by atoms with van der Waals surface area (Å²) >= 11 is 0. The van der Waals surface area contributed by atoms with Gasteiger partial charge in [0.25, 0.3) is 0 Å². The van der Waals surface area contributed by atoms with Crippen LogP contribution in [0.3, 0.4) is 0 Å². The first-order valence-electron chi connectivity index (χ1n) is 6.66. The van der Waals surface area contributed by atoms with Crippen molar-refractivity contribution in [3.63, 3.8) is 0 Å². The molecule has 0 saturated carbocycles. The van der Waals surface area contributed by atoms with Crippen molar-refractivity contribution < 1.29 is 10.2 Å². The van der Waals surface area contributed by atoms with Gasteiger partial charge in [-0.05, 0) is 36.8 Å². The van der Waals surface area contributed by atoms with Gasteiger partial charge in [0.15, 0.2) is 0 Å². The molecule has 0 spiro atoms. The number of nitrogens with one attached hydrogen (secondary N) is 1. The lowest BCUT2D eigenvalue weighted by molar-refractivity contribution is 0.0911. The second kappa shape index (κ2) is 6.45. The van der Waals surface area contributed by atoms with Crippen LogP contribution in [0.2, 0.25) is 0 Å². The Labute approximate surface area is 118 Å². The lowest BCUT2D eigenvalue weighted by Crippen LogP contribution is -2.16. The maximum absolute atomic E-state index is 9.31. The molecule has 5 N–H and O–H groups in total. The van der Waals surface area contributed by atoms with Gasteiger partial charge in [-0.3, -0.25) is 0 Å². The molecule has 0 aliphatic heterocycles. The molecule has 0 bridgehead atoms. The first-order chi connectivity index (χ1) is 9.61. The van der Waals surface area contributed by atoms with Gasteiger partial charge in [-0.2, -0.15) is 0 Å². The monoisotopic (exact) mass is 275 g/mol. The number of aromatic nitrogens is 1. The van der Waals surface area contributed by atoms with E-state index >= 15 is 0 Å². The average molecular weight is 275 g/mol. The largest absolute Gasteiger partial charge is 0.398 e. The van der Waals surface area contributed by atoms with E-state index in [4.69, 9.17) is 10.8 Å². The number of nitrogen functional groups attached to an aromatic ring is 1. The maximum atomic E-state index is 9.31. The van der Waals surface area contributed by atoms with Crippen molar-refractivity contribution in [2.45, 2.75) is 12.5 Å². The summed E-state index contributed by atoms with van der Waals surface area (Å²) in [5.74, 6) is 0. The fraction of sp³-hybridized carbons (Fsp3) is 0.333. The second-order valence-electron chi connectivity index (χ2n) is 4.86. The van der Waals surface area contributed by atoms with Gasteiger partial charge in [-0.15, -0.1) is 0 Å². The SMILES string of the molecule is Cn1cccc1-c1cc(NCCC(O)CO)ccc1N. The van der Waals surface area contributed by atoms with Gasteiger partial charge in [0, 0.05) is 42.4 Å². The van der Waals surface area contributed by atoms with E-state index in [0.29, 0.717) is 13.0 Å². The van der Waals surface area contributed by atoms with Gasteiger partial charge in [-0.1, -0.05) is 0 Å². The number of nitrogens with two attached hydrogens (primary N) is 1. The second-order valence-corrected chi connectivity index (χ2v) is 4.86. The molecule has 0 aliphatic rings. The van der Waals surface area contributed by atoms with E-state index in [1.807, 2.05) is 48.1 Å². The minimum atomic E-state index is -0.677. The molecule has 108 valence electrons. The van der Waals surface area contributed by atoms with Gasteiger partial charge < -0.3 is 25.8 Å². The smallest absolute Gasteiger partial charge is 0.0787 e. The number of hydrogen-bond acceptors (Lipinski definition) is 4. The van der Waals surface area contributed by atoms with Crippen LogP contribution in [0, 0.1) is 0 Å². The fourth-order valence-corrected chi connectivity index (χ4v) is 2.10. The Balaban J connectivity index is 2.11. The predicted octanol–water partition coefficient (Wildman–Crippen LogP) is 1.43. The third-order valence-electron chi connectivity index (χ3n) is 3.29. The van der Waals surface area contributed by atoms with Gasteiger partial charge in [0.2, 0.25) is 0 Å². The molecule has 1 aromatic carbocycles. The van der Waals surface area contributed by atoms with Crippen LogP contribution in [0.15, 0.2) is 36.5 Å². The van der Waals surface area contributed by atoms with E-state index < -0.39 is 6.10 Å². The maximum Gasteiger partial charge on any atom is 0.0787 e. The highest BCUT2D eigenvalue weighted by molar-refractivity contribution is 5.78. The zero-order valence-corrected chi connectivity index (χ0v) is 11.6. The average Bonchev–Trinajstić information content (AvgIpc) is 2.86. The van der Waals surface area contributed by atoms with Crippen molar-refractivity contribution in [3.8, 4) is 11.3 Å². The molecule has 0 saturated heterocycles. The number of benzene rings is 1. The van der Waals surface area contributed by atoms with Gasteiger partial charge in [0.05, 0.1) is 12.7 Å². The van der Waals surface area contributed by atoms with Crippen LogP contribution in [0.1, 0.15) is 6.42 Å². The third kappa shape index (κ3) is 3.31. The Hall–Kier alpha value is -1.98. The van der Waals surface area contributed by atoms with E-state index in [1.54, 1.807) is 0 Å². The molecular formula is C15H21N3O2. The molecule has 1 heterocycles. The molecule has 1 atom stereocenters. The van der Waals surface area contributed by atoms with Crippen molar-refractivity contribution in [1.82, 2.24) is 4.57 Å². The summed E-state index contributed by atoms with van der Waals surface area (Å²) in [5.41, 5.74) is 9.74. The number of aliphatic hydroxyl groups excluding tert-OH is 2. The van der Waals surface area contributed by atoms with Crippen molar-refractivity contribution >= 4 is 11.4 Å². The van der Waals surface area contributed by atoms with E-state index in [2.05, 4.69) is 5.32 Å². The van der Waals surface area contributed by atoms with Gasteiger partial charge in [0.1, 0.15) is 0 Å². The summed E-state index contributed by atoms with van der Waals surface area (Å²) in [7, 11) is 1.98. The number of aryl methyl sites for hydroxylation is 1. The minimum Gasteiger partial charge on any atom is -0.398 e. The number of aliphatic hydroxyl groups is 2. The number of rotatable bonds is 6. The van der Waals surface area contributed by atoms with Crippen LogP contribution in [-0.2, 0) is 7.05 Å². The molecule has 5 nitrogen and oxygen atoms in total. The van der Waals surface area contributed by atoms with Gasteiger partial charge in [-0.25, -0.2) is 0 Å². The van der Waals surface area contributed by atoms with Gasteiger partial charge >= 0.3 is 0 Å². The predicted molar refractivity (Wildman–Crippen MR) is 81.5 cm³/mol. The van der Waals surface area contributed by atoms with Crippen molar-refractivity contribution in [2.24, 2.45) is 7.05 Å². The molecule has 20 heavy (non-hydrogen) atoms. The summed E-state index contributed by atoms with van der Waals surface area (Å²) in [4.78, 5) is 0. The Kier molecular flexibility index (Phi) is 4.65. The number of anilines is 2. The molecule has 2 aromatic rings. The molecule has 2 rings (SSSR count). The highest BCUT2D eigenvalue weighted by Gasteiger charge is 2.07. The molecular weight excluding hydrogens is 254 g/mol. The van der Waals surface area contributed by atoms with Crippen LogP contribution in [0.4, 0.5) is 11.4 Å². The molecule has 1 aromatic heterocycles. The number of nitrogens with zero attached hydrogens (tertiary/aromatic N) is 1. The quantitative estimate of drug-likeness (QED) is 0.601. The summed E-state index contributed by atoms with van der Waals surface area (Å²) in [6.45, 7) is 0.385. The van der Waals surface area contributed by atoms with E-state index in [1.165, 1.54) is 0 Å². The molecule has 5 heteroatoms. The highest BCUT2D eigenvalue weighted by atomic mass is 16.3. The van der Waals surface area contributed by atoms with Crippen LogP contribution in [0.5, 0.6) is 0 Å². The summed E-state index contributed by atoms with van der Waals surface area (Å²) in [6.07, 6.45) is 1.80. The van der Waals surface area contributed by atoms with Crippen LogP contribution in [-0.4, -0.2) is 34.0 Å². The zero-order valence-electron chi connectivity index (χ0n) is 11.6.